The van der Waals surface area contributed by atoms with Crippen LogP contribution in [0.2, 0.25) is 0 Å². The number of hydrogen-bond donors (Lipinski definition) is 0. The van der Waals surface area contributed by atoms with Crippen molar-refractivity contribution in [2.45, 2.75) is 57.0 Å². The zero-order chi connectivity index (χ0) is 15.1. The van der Waals surface area contributed by atoms with Crippen LogP contribution in [0.4, 0.5) is 8.78 Å². The molecule has 0 N–H and O–H groups in total. The summed E-state index contributed by atoms with van der Waals surface area (Å²) >= 11 is 0. The third-order valence-corrected chi connectivity index (χ3v) is 4.06. The molecule has 0 aromatic heterocycles. The second-order valence-corrected chi connectivity index (χ2v) is 5.87. The Morgan fingerprint density at radius 1 is 1.05 bits per heavy atom. The van der Waals surface area contributed by atoms with Crippen LogP contribution in [0.3, 0.4) is 0 Å². The van der Waals surface area contributed by atoms with Crippen LogP contribution < -0.4 is 0 Å². The summed E-state index contributed by atoms with van der Waals surface area (Å²) in [5.74, 6) is -0.810. The summed E-state index contributed by atoms with van der Waals surface area (Å²) in [4.78, 5) is 0. The van der Waals surface area contributed by atoms with E-state index in [1.54, 1.807) is 6.08 Å². The van der Waals surface area contributed by atoms with Gasteiger partial charge in [0.1, 0.15) is 11.5 Å². The molecule has 0 spiro atoms. The molecule has 0 heterocycles. The average molecular weight is 290 g/mol. The predicted octanol–water partition coefficient (Wildman–Crippen LogP) is 6.26. The van der Waals surface area contributed by atoms with Crippen molar-refractivity contribution in [3.8, 4) is 0 Å². The molecule has 0 bridgehead atoms. The van der Waals surface area contributed by atoms with E-state index in [1.165, 1.54) is 25.0 Å². The van der Waals surface area contributed by atoms with Gasteiger partial charge in [-0.25, -0.2) is 8.78 Å². The van der Waals surface area contributed by atoms with Crippen molar-refractivity contribution in [1.82, 2.24) is 0 Å². The summed E-state index contributed by atoms with van der Waals surface area (Å²) in [5, 5.41) is 0. The van der Waals surface area contributed by atoms with Gasteiger partial charge >= 0.3 is 0 Å². The van der Waals surface area contributed by atoms with Gasteiger partial charge < -0.3 is 0 Å². The van der Waals surface area contributed by atoms with Gasteiger partial charge in [-0.1, -0.05) is 69.0 Å². The highest BCUT2D eigenvalue weighted by Gasteiger charge is 2.30. The fourth-order valence-corrected chi connectivity index (χ4v) is 2.80. The largest absolute Gasteiger partial charge is 0.235 e. The summed E-state index contributed by atoms with van der Waals surface area (Å²) in [6.45, 7) is 2.16. The van der Waals surface area contributed by atoms with Gasteiger partial charge in [-0.05, 0) is 30.6 Å². The molecule has 1 aliphatic rings. The van der Waals surface area contributed by atoms with Crippen LogP contribution in [-0.2, 0) is 0 Å². The van der Waals surface area contributed by atoms with E-state index in [1.807, 2.05) is 30.3 Å². The van der Waals surface area contributed by atoms with E-state index in [2.05, 4.69) is 6.92 Å². The normalized spacial score (nSPS) is 24.9. The molecule has 0 fully saturated rings. The van der Waals surface area contributed by atoms with Gasteiger partial charge in [-0.3, -0.25) is 0 Å². The number of rotatable bonds is 7. The first-order chi connectivity index (χ1) is 10.1. The minimum atomic E-state index is -1.61. The third kappa shape index (κ3) is 4.52. The molecule has 1 aliphatic carbocycles. The Hall–Kier alpha value is -1.44. The quantitative estimate of drug-likeness (QED) is 0.410. The smallest absolute Gasteiger partial charge is 0.150 e. The van der Waals surface area contributed by atoms with E-state index in [0.717, 1.165) is 24.8 Å². The summed E-state index contributed by atoms with van der Waals surface area (Å²) in [7, 11) is 0. The van der Waals surface area contributed by atoms with E-state index in [0.29, 0.717) is 6.42 Å². The van der Waals surface area contributed by atoms with Crippen molar-refractivity contribution in [3.05, 3.63) is 60.0 Å². The molecule has 114 valence electrons. The summed E-state index contributed by atoms with van der Waals surface area (Å²) < 4.78 is 28.8. The Morgan fingerprint density at radius 3 is 2.43 bits per heavy atom. The molecular formula is C19H24F2. The first kappa shape index (κ1) is 15.9. The molecule has 2 unspecified atom stereocenters. The molecular weight excluding hydrogens is 266 g/mol. The van der Waals surface area contributed by atoms with E-state index >= 15 is 0 Å². The molecule has 0 aliphatic heterocycles. The Labute approximate surface area is 126 Å². The standard InChI is InChI=1S/C19H24F2/c1-2-3-4-5-9-13-19(21)14-12-17(18(20)15-19)16-10-7-6-8-11-16/h6-8,10-12,14-15,17H,2-5,9,13H2,1H3. The van der Waals surface area contributed by atoms with Crippen molar-refractivity contribution in [2.75, 3.05) is 0 Å². The second kappa shape index (κ2) is 7.53. The number of alkyl halides is 1. The molecule has 1 aromatic carbocycles. The van der Waals surface area contributed by atoms with Crippen LogP contribution in [0, 0.1) is 0 Å². The second-order valence-electron chi connectivity index (χ2n) is 5.87. The van der Waals surface area contributed by atoms with Crippen LogP contribution in [0.15, 0.2) is 54.4 Å². The lowest BCUT2D eigenvalue weighted by Gasteiger charge is -2.25. The van der Waals surface area contributed by atoms with Gasteiger partial charge in [0, 0.05) is 0 Å². The van der Waals surface area contributed by atoms with E-state index in [4.69, 9.17) is 0 Å². The first-order valence-corrected chi connectivity index (χ1v) is 7.96. The zero-order valence-corrected chi connectivity index (χ0v) is 12.7. The predicted molar refractivity (Wildman–Crippen MR) is 84.7 cm³/mol. The lowest BCUT2D eigenvalue weighted by atomic mass is 9.85. The van der Waals surface area contributed by atoms with Gasteiger partial charge in [0.15, 0.2) is 0 Å². The highest BCUT2D eigenvalue weighted by Crippen LogP contribution is 2.37. The van der Waals surface area contributed by atoms with Crippen LogP contribution in [0.1, 0.15) is 56.9 Å². The van der Waals surface area contributed by atoms with Gasteiger partial charge in [0.25, 0.3) is 0 Å². The summed E-state index contributed by atoms with van der Waals surface area (Å²) in [5.41, 5.74) is -0.741. The molecule has 0 saturated heterocycles. The minimum Gasteiger partial charge on any atom is -0.235 e. The zero-order valence-electron chi connectivity index (χ0n) is 12.7. The molecule has 0 radical (unpaired) electrons. The third-order valence-electron chi connectivity index (χ3n) is 4.06. The van der Waals surface area contributed by atoms with Crippen LogP contribution in [-0.4, -0.2) is 5.67 Å². The van der Waals surface area contributed by atoms with Gasteiger partial charge in [-0.15, -0.1) is 0 Å². The number of benzene rings is 1. The van der Waals surface area contributed by atoms with E-state index in [9.17, 15) is 8.78 Å². The molecule has 2 heteroatoms. The fourth-order valence-electron chi connectivity index (χ4n) is 2.80. The number of halogens is 2. The van der Waals surface area contributed by atoms with Crippen molar-refractivity contribution in [2.24, 2.45) is 0 Å². The van der Waals surface area contributed by atoms with Gasteiger partial charge in [0.2, 0.25) is 0 Å². The average Bonchev–Trinajstić information content (AvgIpc) is 2.48. The van der Waals surface area contributed by atoms with Crippen molar-refractivity contribution >= 4 is 0 Å². The fraction of sp³-hybridized carbons (Fsp3) is 0.474. The van der Waals surface area contributed by atoms with E-state index < -0.39 is 11.6 Å². The lowest BCUT2D eigenvalue weighted by Crippen LogP contribution is -2.21. The van der Waals surface area contributed by atoms with Crippen molar-refractivity contribution < 1.29 is 8.78 Å². The minimum absolute atomic E-state index is 0.375. The summed E-state index contributed by atoms with van der Waals surface area (Å²) in [6, 6.07) is 9.40. The highest BCUT2D eigenvalue weighted by atomic mass is 19.1. The number of allylic oxidation sites excluding steroid dienone is 4. The highest BCUT2D eigenvalue weighted by molar-refractivity contribution is 5.37. The van der Waals surface area contributed by atoms with Crippen molar-refractivity contribution in [1.29, 1.82) is 0 Å². The topological polar surface area (TPSA) is 0 Å². The first-order valence-electron chi connectivity index (χ1n) is 7.96. The van der Waals surface area contributed by atoms with Crippen molar-refractivity contribution in [3.63, 3.8) is 0 Å². The van der Waals surface area contributed by atoms with Gasteiger partial charge in [-0.2, -0.15) is 0 Å². The summed E-state index contributed by atoms with van der Waals surface area (Å²) in [6.07, 6.45) is 10.1. The Balaban J connectivity index is 1.94. The Kier molecular flexibility index (Phi) is 5.72. The molecule has 1 aromatic rings. The Morgan fingerprint density at radius 2 is 1.76 bits per heavy atom. The molecule has 2 atom stereocenters. The molecule has 0 amide bonds. The van der Waals surface area contributed by atoms with Crippen LogP contribution in [0.25, 0.3) is 0 Å². The number of hydrogen-bond acceptors (Lipinski definition) is 0. The maximum Gasteiger partial charge on any atom is 0.150 e. The Bertz CT molecular complexity index is 490. The van der Waals surface area contributed by atoms with Crippen LogP contribution in [0.5, 0.6) is 0 Å². The molecule has 21 heavy (non-hydrogen) atoms. The maximum absolute atomic E-state index is 14.6. The van der Waals surface area contributed by atoms with E-state index in [-0.39, 0.29) is 5.83 Å². The number of unbranched alkanes of at least 4 members (excludes halogenated alkanes) is 4. The molecule has 0 nitrogen and oxygen atoms in total. The monoisotopic (exact) mass is 290 g/mol. The SMILES string of the molecule is CCCCCCCC1(F)C=CC(c2ccccc2)C(F)=C1. The lowest BCUT2D eigenvalue weighted by molar-refractivity contribution is 0.259. The van der Waals surface area contributed by atoms with Gasteiger partial charge in [0.05, 0.1) is 5.92 Å². The molecule has 0 saturated carbocycles. The maximum atomic E-state index is 14.6. The molecule has 2 rings (SSSR count). The van der Waals surface area contributed by atoms with Crippen LogP contribution >= 0.6 is 0 Å².